The van der Waals surface area contributed by atoms with Crippen molar-refractivity contribution >= 4 is 16.7 Å². The van der Waals surface area contributed by atoms with Crippen LogP contribution in [0.25, 0.3) is 33.8 Å². The van der Waals surface area contributed by atoms with Crippen LogP contribution in [0.3, 0.4) is 0 Å². The summed E-state index contributed by atoms with van der Waals surface area (Å²) in [6, 6.07) is 15.8. The van der Waals surface area contributed by atoms with Gasteiger partial charge in [-0.1, -0.05) is 0 Å². The number of aromatic nitrogens is 5. The number of hydrogen-bond acceptors (Lipinski definition) is 5. The maximum Gasteiger partial charge on any atom is 0.182 e. The summed E-state index contributed by atoms with van der Waals surface area (Å²) in [4.78, 5) is 9.58. The molecule has 0 bridgehead atoms. The number of hydrogen-bond donors (Lipinski definition) is 0. The molecule has 31 heavy (non-hydrogen) atoms. The second-order valence-electron chi connectivity index (χ2n) is 7.35. The van der Waals surface area contributed by atoms with Crippen LogP contribution in [0.1, 0.15) is 18.2 Å². The summed E-state index contributed by atoms with van der Waals surface area (Å²) in [6.07, 6.45) is 1.72. The zero-order valence-corrected chi connectivity index (χ0v) is 18.0. The van der Waals surface area contributed by atoms with E-state index < -0.39 is 0 Å². The van der Waals surface area contributed by atoms with Crippen LogP contribution in [0, 0.1) is 13.8 Å². The van der Waals surface area contributed by atoms with Crippen molar-refractivity contribution in [1.82, 2.24) is 24.1 Å². The maximum absolute atomic E-state index is 5.58. The van der Waals surface area contributed by atoms with E-state index in [1.165, 1.54) is 0 Å². The molecule has 7 nitrogen and oxygen atoms in total. The van der Waals surface area contributed by atoms with Gasteiger partial charge in [-0.3, -0.25) is 4.57 Å². The van der Waals surface area contributed by atoms with E-state index in [-0.39, 0.29) is 0 Å². The Kier molecular flexibility index (Phi) is 4.58. The Morgan fingerprint density at radius 3 is 2.29 bits per heavy atom. The summed E-state index contributed by atoms with van der Waals surface area (Å²) < 4.78 is 14.7. The summed E-state index contributed by atoms with van der Waals surface area (Å²) in [6.45, 7) is 6.83. The molecule has 0 aliphatic rings. The Balaban J connectivity index is 1.67. The van der Waals surface area contributed by atoms with E-state index in [4.69, 9.17) is 19.4 Å². The summed E-state index contributed by atoms with van der Waals surface area (Å²) in [5.41, 5.74) is 5.87. The highest BCUT2D eigenvalue weighted by atomic mass is 16.5. The largest absolute Gasteiger partial charge is 0.497 e. The molecule has 156 valence electrons. The van der Waals surface area contributed by atoms with E-state index in [1.54, 1.807) is 18.0 Å². The molecule has 0 spiro atoms. The Hall–Kier alpha value is -3.87. The van der Waals surface area contributed by atoms with Gasteiger partial charge in [0.2, 0.25) is 0 Å². The van der Waals surface area contributed by atoms with Crippen molar-refractivity contribution in [2.75, 3.05) is 13.7 Å². The molecule has 5 rings (SSSR count). The fourth-order valence-corrected chi connectivity index (χ4v) is 3.90. The van der Waals surface area contributed by atoms with Crippen LogP contribution < -0.4 is 9.47 Å². The number of methoxy groups -OCH3 is 1. The van der Waals surface area contributed by atoms with Crippen LogP contribution >= 0.6 is 0 Å². The van der Waals surface area contributed by atoms with Gasteiger partial charge in [-0.2, -0.15) is 0 Å². The van der Waals surface area contributed by atoms with Crippen LogP contribution in [0.2, 0.25) is 0 Å². The molecule has 0 fully saturated rings. The number of aryl methyl sites for hydroxylation is 1. The van der Waals surface area contributed by atoms with Crippen LogP contribution in [0.5, 0.6) is 11.5 Å². The normalized spacial score (nSPS) is 11.4. The second kappa shape index (κ2) is 7.43. The Morgan fingerprint density at radius 2 is 1.61 bits per heavy atom. The summed E-state index contributed by atoms with van der Waals surface area (Å²) in [5, 5.41) is 5.65. The SMILES string of the molecule is CCOc1ccc(-n2c(C)c(C)c3c2ncn2nc(-c4ccc(OC)cc4)nc32)cc1. The van der Waals surface area contributed by atoms with Gasteiger partial charge >= 0.3 is 0 Å². The zero-order chi connectivity index (χ0) is 21.5. The molecule has 2 aromatic carbocycles. The number of benzene rings is 2. The molecule has 3 aromatic heterocycles. The predicted octanol–water partition coefficient (Wildman–Crippen LogP) is 4.76. The van der Waals surface area contributed by atoms with Crippen LogP contribution in [0.15, 0.2) is 54.9 Å². The number of fused-ring (bicyclic) bond motifs is 3. The third-order valence-corrected chi connectivity index (χ3v) is 5.59. The molecule has 0 saturated carbocycles. The first kappa shape index (κ1) is 19.1. The van der Waals surface area contributed by atoms with E-state index in [1.807, 2.05) is 43.3 Å². The van der Waals surface area contributed by atoms with Crippen LogP contribution in [-0.4, -0.2) is 37.9 Å². The minimum atomic E-state index is 0.646. The lowest BCUT2D eigenvalue weighted by molar-refractivity contribution is 0.340. The predicted molar refractivity (Wildman–Crippen MR) is 120 cm³/mol. The number of ether oxygens (including phenoxy) is 2. The quantitative estimate of drug-likeness (QED) is 0.416. The van der Waals surface area contributed by atoms with Crippen LogP contribution in [0.4, 0.5) is 0 Å². The minimum Gasteiger partial charge on any atom is -0.497 e. The number of nitrogens with zero attached hydrogens (tertiary/aromatic N) is 5. The lowest BCUT2D eigenvalue weighted by Crippen LogP contribution is -1.99. The first-order chi connectivity index (χ1) is 15.1. The Morgan fingerprint density at radius 1 is 0.903 bits per heavy atom. The van der Waals surface area contributed by atoms with Gasteiger partial charge in [-0.15, -0.1) is 5.10 Å². The fourth-order valence-electron chi connectivity index (χ4n) is 3.90. The molecular weight excluding hydrogens is 390 g/mol. The molecule has 0 N–H and O–H groups in total. The highest BCUT2D eigenvalue weighted by Gasteiger charge is 2.19. The van der Waals surface area contributed by atoms with E-state index in [0.717, 1.165) is 50.7 Å². The molecule has 5 aromatic rings. The van der Waals surface area contributed by atoms with Crippen molar-refractivity contribution in [2.45, 2.75) is 20.8 Å². The first-order valence-corrected chi connectivity index (χ1v) is 10.2. The van der Waals surface area contributed by atoms with Crippen molar-refractivity contribution in [2.24, 2.45) is 0 Å². The summed E-state index contributed by atoms with van der Waals surface area (Å²) in [7, 11) is 1.65. The minimum absolute atomic E-state index is 0.646. The van der Waals surface area contributed by atoms with Crippen molar-refractivity contribution in [3.63, 3.8) is 0 Å². The van der Waals surface area contributed by atoms with Crippen molar-refractivity contribution in [3.8, 4) is 28.6 Å². The molecule has 3 heterocycles. The van der Waals surface area contributed by atoms with Gasteiger partial charge in [0, 0.05) is 16.9 Å². The zero-order valence-electron chi connectivity index (χ0n) is 18.0. The third-order valence-electron chi connectivity index (χ3n) is 5.59. The van der Waals surface area contributed by atoms with Gasteiger partial charge in [0.05, 0.1) is 19.1 Å². The van der Waals surface area contributed by atoms with Gasteiger partial charge in [-0.05, 0) is 74.9 Å². The second-order valence-corrected chi connectivity index (χ2v) is 7.35. The van der Waals surface area contributed by atoms with Gasteiger partial charge in [0.15, 0.2) is 17.1 Å². The molecule has 0 amide bonds. The molecule has 0 radical (unpaired) electrons. The Labute approximate surface area is 179 Å². The van der Waals surface area contributed by atoms with Crippen molar-refractivity contribution in [1.29, 1.82) is 0 Å². The molecular formula is C24H23N5O2. The molecule has 0 aliphatic heterocycles. The molecule has 0 atom stereocenters. The summed E-state index contributed by atoms with van der Waals surface area (Å²) >= 11 is 0. The molecule has 7 heteroatoms. The average molecular weight is 413 g/mol. The fraction of sp³-hybridized carbons (Fsp3) is 0.208. The maximum atomic E-state index is 5.58. The smallest absolute Gasteiger partial charge is 0.182 e. The lowest BCUT2D eigenvalue weighted by Gasteiger charge is -2.09. The average Bonchev–Trinajstić information content (AvgIpc) is 3.34. The summed E-state index contributed by atoms with van der Waals surface area (Å²) in [5.74, 6) is 2.31. The standard InChI is InChI=1S/C24H23N5O2/c1-5-31-20-12-8-18(9-13-20)29-16(3)15(2)21-23(29)25-14-28-24(21)26-22(27-28)17-6-10-19(30-4)11-7-17/h6-14H,5H2,1-4H3. The highest BCUT2D eigenvalue weighted by molar-refractivity contribution is 5.95. The molecule has 0 aliphatic carbocycles. The molecule has 0 unspecified atom stereocenters. The topological polar surface area (TPSA) is 66.5 Å². The lowest BCUT2D eigenvalue weighted by atomic mass is 10.2. The van der Waals surface area contributed by atoms with Crippen molar-refractivity contribution < 1.29 is 9.47 Å². The van der Waals surface area contributed by atoms with E-state index in [0.29, 0.717) is 12.4 Å². The number of rotatable bonds is 5. The molecule has 0 saturated heterocycles. The van der Waals surface area contributed by atoms with E-state index >= 15 is 0 Å². The van der Waals surface area contributed by atoms with Gasteiger partial charge < -0.3 is 9.47 Å². The van der Waals surface area contributed by atoms with Gasteiger partial charge in [0.1, 0.15) is 17.8 Å². The van der Waals surface area contributed by atoms with Crippen LogP contribution in [-0.2, 0) is 0 Å². The van der Waals surface area contributed by atoms with E-state index in [9.17, 15) is 0 Å². The van der Waals surface area contributed by atoms with Gasteiger partial charge in [0.25, 0.3) is 0 Å². The first-order valence-electron chi connectivity index (χ1n) is 10.2. The van der Waals surface area contributed by atoms with Gasteiger partial charge in [-0.25, -0.2) is 14.5 Å². The third kappa shape index (κ3) is 3.09. The highest BCUT2D eigenvalue weighted by Crippen LogP contribution is 2.31. The monoisotopic (exact) mass is 413 g/mol. The van der Waals surface area contributed by atoms with Crippen molar-refractivity contribution in [3.05, 3.63) is 66.1 Å². The Bertz CT molecular complexity index is 1380. The van der Waals surface area contributed by atoms with E-state index in [2.05, 4.69) is 35.6 Å².